The Morgan fingerprint density at radius 1 is 0.944 bits per heavy atom. The molecule has 94 valence electrons. The number of hydrogen-bond acceptors (Lipinski definition) is 3. The molecule has 0 amide bonds. The van der Waals surface area contributed by atoms with E-state index in [1.54, 1.807) is 18.2 Å². The first-order valence-electron chi connectivity index (χ1n) is 5.89. The number of hydrogen-bond donors (Lipinski definition) is 2. The van der Waals surface area contributed by atoms with Crippen LogP contribution in [0.25, 0.3) is 0 Å². The van der Waals surface area contributed by atoms with Crippen LogP contribution in [0.1, 0.15) is 11.1 Å². The van der Waals surface area contributed by atoms with E-state index in [0.29, 0.717) is 18.8 Å². The molecule has 2 rings (SSSR count). The quantitative estimate of drug-likeness (QED) is 0.849. The number of aromatic hydroxyl groups is 1. The lowest BCUT2D eigenvalue weighted by atomic mass is 10.1. The van der Waals surface area contributed by atoms with E-state index >= 15 is 0 Å². The molecule has 2 N–H and O–H groups in total. The van der Waals surface area contributed by atoms with Crippen molar-refractivity contribution in [1.29, 1.82) is 0 Å². The van der Waals surface area contributed by atoms with Crippen LogP contribution in [-0.4, -0.2) is 16.8 Å². The van der Waals surface area contributed by atoms with E-state index in [9.17, 15) is 5.11 Å². The molecular weight excluding hydrogens is 228 g/mol. The van der Waals surface area contributed by atoms with Gasteiger partial charge in [0.15, 0.2) is 11.5 Å². The molecule has 0 aliphatic carbocycles. The molecule has 0 saturated heterocycles. The van der Waals surface area contributed by atoms with Gasteiger partial charge in [-0.2, -0.15) is 0 Å². The molecule has 2 aromatic carbocycles. The van der Waals surface area contributed by atoms with Gasteiger partial charge < -0.3 is 14.9 Å². The van der Waals surface area contributed by atoms with Gasteiger partial charge in [-0.1, -0.05) is 36.4 Å². The van der Waals surface area contributed by atoms with Crippen molar-refractivity contribution in [2.45, 2.75) is 13.0 Å². The smallest absolute Gasteiger partial charge is 0.161 e. The number of aliphatic hydroxyl groups excluding tert-OH is 1. The number of phenolic OH excluding ortho intramolecular Hbond substituents is 1. The molecule has 0 bridgehead atoms. The molecule has 18 heavy (non-hydrogen) atoms. The first kappa shape index (κ1) is 12.5. The lowest BCUT2D eigenvalue weighted by Gasteiger charge is -2.09. The highest BCUT2D eigenvalue weighted by molar-refractivity contribution is 5.42. The average Bonchev–Trinajstić information content (AvgIpc) is 2.41. The van der Waals surface area contributed by atoms with Crippen molar-refractivity contribution in [1.82, 2.24) is 0 Å². The largest absolute Gasteiger partial charge is 0.504 e. The molecule has 0 saturated carbocycles. The van der Waals surface area contributed by atoms with Gasteiger partial charge in [-0.25, -0.2) is 0 Å². The molecule has 0 unspecified atom stereocenters. The molecule has 0 aliphatic heterocycles. The van der Waals surface area contributed by atoms with Crippen molar-refractivity contribution >= 4 is 0 Å². The minimum Gasteiger partial charge on any atom is -0.504 e. The Morgan fingerprint density at radius 2 is 1.72 bits per heavy atom. The minimum atomic E-state index is 0.0862. The Morgan fingerprint density at radius 3 is 2.44 bits per heavy atom. The molecule has 0 heterocycles. The Balaban J connectivity index is 2.06. The summed E-state index contributed by atoms with van der Waals surface area (Å²) in [7, 11) is 0. The highest BCUT2D eigenvalue weighted by Gasteiger charge is 2.04. The maximum absolute atomic E-state index is 9.69. The summed E-state index contributed by atoms with van der Waals surface area (Å²) in [4.78, 5) is 0. The van der Waals surface area contributed by atoms with E-state index in [-0.39, 0.29) is 12.4 Å². The summed E-state index contributed by atoms with van der Waals surface area (Å²) in [5, 5.41) is 18.6. The maximum atomic E-state index is 9.69. The summed E-state index contributed by atoms with van der Waals surface area (Å²) in [6, 6.07) is 14.9. The zero-order chi connectivity index (χ0) is 12.8. The lowest BCUT2D eigenvalue weighted by molar-refractivity contribution is 0.286. The van der Waals surface area contributed by atoms with Crippen LogP contribution in [-0.2, 0) is 13.0 Å². The van der Waals surface area contributed by atoms with Crippen LogP contribution in [0.5, 0.6) is 11.5 Å². The Hall–Kier alpha value is -2.00. The predicted molar refractivity (Wildman–Crippen MR) is 69.7 cm³/mol. The van der Waals surface area contributed by atoms with E-state index in [1.807, 2.05) is 30.3 Å². The fourth-order valence-corrected chi connectivity index (χ4v) is 1.69. The van der Waals surface area contributed by atoms with Crippen molar-refractivity contribution in [2.75, 3.05) is 6.61 Å². The van der Waals surface area contributed by atoms with Gasteiger partial charge in [-0.05, 0) is 29.7 Å². The zero-order valence-corrected chi connectivity index (χ0v) is 10.0. The van der Waals surface area contributed by atoms with Crippen LogP contribution >= 0.6 is 0 Å². The first-order chi connectivity index (χ1) is 8.79. The predicted octanol–water partition coefficient (Wildman–Crippen LogP) is 2.51. The van der Waals surface area contributed by atoms with Crippen LogP contribution in [0.2, 0.25) is 0 Å². The molecule has 0 aromatic heterocycles. The van der Waals surface area contributed by atoms with Crippen LogP contribution < -0.4 is 4.74 Å². The summed E-state index contributed by atoms with van der Waals surface area (Å²) in [6.07, 6.45) is 0.558. The maximum Gasteiger partial charge on any atom is 0.161 e. The number of phenols is 1. The van der Waals surface area contributed by atoms with Gasteiger partial charge in [-0.15, -0.1) is 0 Å². The Bertz CT molecular complexity index is 494. The van der Waals surface area contributed by atoms with Gasteiger partial charge in [0.25, 0.3) is 0 Å². The van der Waals surface area contributed by atoms with Gasteiger partial charge in [0, 0.05) is 6.61 Å². The van der Waals surface area contributed by atoms with E-state index in [0.717, 1.165) is 11.1 Å². The summed E-state index contributed by atoms with van der Waals surface area (Å²) >= 11 is 0. The molecule has 0 atom stereocenters. The second-order valence-electron chi connectivity index (χ2n) is 4.05. The molecule has 3 heteroatoms. The third-order valence-corrected chi connectivity index (χ3v) is 2.66. The minimum absolute atomic E-state index is 0.0862. The molecule has 2 aromatic rings. The number of benzene rings is 2. The average molecular weight is 244 g/mol. The molecule has 0 aliphatic rings. The zero-order valence-electron chi connectivity index (χ0n) is 10.0. The first-order valence-corrected chi connectivity index (χ1v) is 5.89. The summed E-state index contributed by atoms with van der Waals surface area (Å²) in [5.41, 5.74) is 1.99. The SMILES string of the molecule is OCCc1ccc(O)c(OCc2ccccc2)c1. The van der Waals surface area contributed by atoms with E-state index in [1.165, 1.54) is 0 Å². The standard InChI is InChI=1S/C15H16O3/c16-9-8-12-6-7-14(17)15(10-12)18-11-13-4-2-1-3-5-13/h1-7,10,16-17H,8-9,11H2. The fourth-order valence-electron chi connectivity index (χ4n) is 1.69. The van der Waals surface area contributed by atoms with Gasteiger partial charge >= 0.3 is 0 Å². The second kappa shape index (κ2) is 6.07. The van der Waals surface area contributed by atoms with E-state index in [2.05, 4.69) is 0 Å². The monoisotopic (exact) mass is 244 g/mol. The molecule has 0 fully saturated rings. The summed E-state index contributed by atoms with van der Waals surface area (Å²) < 4.78 is 5.58. The topological polar surface area (TPSA) is 49.7 Å². The summed E-state index contributed by atoms with van der Waals surface area (Å²) in [6.45, 7) is 0.500. The van der Waals surface area contributed by atoms with Crippen molar-refractivity contribution in [2.24, 2.45) is 0 Å². The fraction of sp³-hybridized carbons (Fsp3) is 0.200. The van der Waals surface area contributed by atoms with Crippen LogP contribution in [0.3, 0.4) is 0 Å². The van der Waals surface area contributed by atoms with Crippen molar-refractivity contribution in [3.8, 4) is 11.5 Å². The normalized spacial score (nSPS) is 10.3. The number of rotatable bonds is 5. The van der Waals surface area contributed by atoms with E-state index < -0.39 is 0 Å². The molecular formula is C15H16O3. The van der Waals surface area contributed by atoms with Gasteiger partial charge in [0.2, 0.25) is 0 Å². The lowest BCUT2D eigenvalue weighted by Crippen LogP contribution is -1.97. The summed E-state index contributed by atoms with van der Waals surface area (Å²) in [5.74, 6) is 0.567. The second-order valence-corrected chi connectivity index (χ2v) is 4.05. The third-order valence-electron chi connectivity index (χ3n) is 2.66. The molecule has 0 radical (unpaired) electrons. The van der Waals surface area contributed by atoms with Crippen LogP contribution in [0.15, 0.2) is 48.5 Å². The van der Waals surface area contributed by atoms with Gasteiger partial charge in [0.05, 0.1) is 0 Å². The van der Waals surface area contributed by atoms with Gasteiger partial charge in [0.1, 0.15) is 6.61 Å². The third kappa shape index (κ3) is 3.25. The number of aliphatic hydroxyl groups is 1. The molecule has 0 spiro atoms. The Labute approximate surface area is 106 Å². The number of ether oxygens (including phenoxy) is 1. The van der Waals surface area contributed by atoms with Crippen molar-refractivity contribution in [3.63, 3.8) is 0 Å². The molecule has 3 nitrogen and oxygen atoms in total. The van der Waals surface area contributed by atoms with Crippen molar-refractivity contribution < 1.29 is 14.9 Å². The van der Waals surface area contributed by atoms with Gasteiger partial charge in [-0.3, -0.25) is 0 Å². The van der Waals surface area contributed by atoms with E-state index in [4.69, 9.17) is 9.84 Å². The highest BCUT2D eigenvalue weighted by atomic mass is 16.5. The van der Waals surface area contributed by atoms with Crippen LogP contribution in [0.4, 0.5) is 0 Å². The van der Waals surface area contributed by atoms with Crippen molar-refractivity contribution in [3.05, 3.63) is 59.7 Å². The Kier molecular flexibility index (Phi) is 4.20. The van der Waals surface area contributed by atoms with Crippen LogP contribution in [0, 0.1) is 0 Å². The highest BCUT2D eigenvalue weighted by Crippen LogP contribution is 2.27.